The molecule has 0 bridgehead atoms. The van der Waals surface area contributed by atoms with Crippen LogP contribution in [0, 0.1) is 15.9 Å². The maximum Gasteiger partial charge on any atom is 0.410 e. The number of nitrogens with one attached hydrogen (secondary N) is 2. The number of halogens is 1. The van der Waals surface area contributed by atoms with Crippen molar-refractivity contribution >= 4 is 23.4 Å². The molecule has 3 rings (SSSR count). The third kappa shape index (κ3) is 5.58. The maximum atomic E-state index is 14.6. The minimum Gasteiger partial charge on any atom is -0.444 e. The normalized spacial score (nSPS) is 19.2. The molecule has 2 aliphatic rings. The Morgan fingerprint density at radius 3 is 2.53 bits per heavy atom. The van der Waals surface area contributed by atoms with Crippen LogP contribution >= 0.6 is 0 Å². The standard InChI is InChI=1S/C20H27FN4O5/c1-20(2,3)30-19(27)24-8-4-5-13(11-24)23-18(26)14-9-17(25(28)29)16(10-15(14)21)22-12-6-7-12/h9-10,12-13,22H,4-8,11H2,1-3H3,(H,23,26). The Morgan fingerprint density at radius 2 is 1.93 bits per heavy atom. The van der Waals surface area contributed by atoms with E-state index >= 15 is 0 Å². The highest BCUT2D eigenvalue weighted by molar-refractivity contribution is 5.96. The van der Waals surface area contributed by atoms with E-state index in [0.29, 0.717) is 19.4 Å². The van der Waals surface area contributed by atoms with Crippen molar-refractivity contribution in [2.75, 3.05) is 18.4 Å². The number of carbonyl (C=O) groups is 2. The molecule has 2 fully saturated rings. The average molecular weight is 422 g/mol. The van der Waals surface area contributed by atoms with Crippen LogP contribution in [0.3, 0.4) is 0 Å². The van der Waals surface area contributed by atoms with Crippen molar-refractivity contribution in [3.8, 4) is 0 Å². The van der Waals surface area contributed by atoms with Crippen molar-refractivity contribution in [3.05, 3.63) is 33.6 Å². The summed E-state index contributed by atoms with van der Waals surface area (Å²) in [5, 5.41) is 17.0. The molecule has 0 radical (unpaired) electrons. The predicted octanol–water partition coefficient (Wildman–Crippen LogP) is 3.44. The van der Waals surface area contributed by atoms with E-state index in [9.17, 15) is 24.1 Å². The van der Waals surface area contributed by atoms with Gasteiger partial charge in [0.1, 0.15) is 17.1 Å². The number of rotatable bonds is 5. The van der Waals surface area contributed by atoms with Gasteiger partial charge >= 0.3 is 6.09 Å². The number of piperidine rings is 1. The fraction of sp³-hybridized carbons (Fsp3) is 0.600. The zero-order chi connectivity index (χ0) is 22.1. The van der Waals surface area contributed by atoms with Gasteiger partial charge in [0.15, 0.2) is 0 Å². The van der Waals surface area contributed by atoms with Crippen LogP contribution in [0.4, 0.5) is 20.6 Å². The molecule has 2 amide bonds. The molecule has 1 aliphatic carbocycles. The molecular weight excluding hydrogens is 395 g/mol. The molecule has 1 saturated carbocycles. The Balaban J connectivity index is 1.69. The molecule has 1 unspecified atom stereocenters. The predicted molar refractivity (Wildman–Crippen MR) is 108 cm³/mol. The highest BCUT2D eigenvalue weighted by Crippen LogP contribution is 2.33. The molecule has 0 spiro atoms. The van der Waals surface area contributed by atoms with Gasteiger partial charge in [0.05, 0.1) is 10.5 Å². The summed E-state index contributed by atoms with van der Waals surface area (Å²) in [6, 6.07) is 1.66. The van der Waals surface area contributed by atoms with Gasteiger partial charge in [-0.3, -0.25) is 14.9 Å². The molecule has 2 N–H and O–H groups in total. The van der Waals surface area contributed by atoms with Crippen LogP contribution in [-0.2, 0) is 4.74 Å². The molecule has 0 aromatic heterocycles. The molecule has 1 heterocycles. The molecule has 1 aromatic rings. The molecule has 30 heavy (non-hydrogen) atoms. The van der Waals surface area contributed by atoms with E-state index in [-0.39, 0.29) is 24.0 Å². The van der Waals surface area contributed by atoms with Crippen molar-refractivity contribution in [2.45, 2.75) is 64.1 Å². The molecule has 1 aliphatic heterocycles. The van der Waals surface area contributed by atoms with Crippen molar-refractivity contribution < 1.29 is 23.6 Å². The lowest BCUT2D eigenvalue weighted by Gasteiger charge is -2.34. The molecule has 1 saturated heterocycles. The number of amides is 2. The second-order valence-electron chi connectivity index (χ2n) is 8.76. The van der Waals surface area contributed by atoms with E-state index in [1.807, 2.05) is 0 Å². The maximum absolute atomic E-state index is 14.6. The summed E-state index contributed by atoms with van der Waals surface area (Å²) >= 11 is 0. The third-order valence-electron chi connectivity index (χ3n) is 4.87. The van der Waals surface area contributed by atoms with Gasteiger partial charge in [-0.05, 0) is 46.5 Å². The van der Waals surface area contributed by atoms with Gasteiger partial charge in [-0.1, -0.05) is 0 Å². The fourth-order valence-electron chi connectivity index (χ4n) is 3.30. The minimum absolute atomic E-state index is 0.0744. The first-order valence-corrected chi connectivity index (χ1v) is 10.1. The molecule has 10 heteroatoms. The Labute approximate surface area is 174 Å². The van der Waals surface area contributed by atoms with Gasteiger partial charge < -0.3 is 20.3 Å². The number of benzene rings is 1. The van der Waals surface area contributed by atoms with Gasteiger partial charge in [0.25, 0.3) is 11.6 Å². The van der Waals surface area contributed by atoms with Gasteiger partial charge in [0.2, 0.25) is 0 Å². The lowest BCUT2D eigenvalue weighted by atomic mass is 10.0. The van der Waals surface area contributed by atoms with Crippen molar-refractivity contribution in [2.24, 2.45) is 0 Å². The van der Waals surface area contributed by atoms with Crippen LogP contribution in [0.25, 0.3) is 0 Å². The first kappa shape index (κ1) is 21.8. The van der Waals surface area contributed by atoms with Crippen LogP contribution in [-0.4, -0.2) is 52.6 Å². The molecule has 9 nitrogen and oxygen atoms in total. The number of nitro groups is 1. The number of ether oxygens (including phenoxy) is 1. The number of hydrogen-bond donors (Lipinski definition) is 2. The van der Waals surface area contributed by atoms with Crippen molar-refractivity contribution in [1.82, 2.24) is 10.2 Å². The monoisotopic (exact) mass is 422 g/mol. The Bertz CT molecular complexity index is 850. The van der Waals surface area contributed by atoms with E-state index in [4.69, 9.17) is 4.74 Å². The van der Waals surface area contributed by atoms with Gasteiger partial charge in [0, 0.05) is 37.3 Å². The minimum atomic E-state index is -0.832. The van der Waals surface area contributed by atoms with Crippen LogP contribution in [0.15, 0.2) is 12.1 Å². The number of hydrogen-bond acceptors (Lipinski definition) is 6. The van der Waals surface area contributed by atoms with Crippen LogP contribution in [0.2, 0.25) is 0 Å². The number of likely N-dealkylation sites (tertiary alicyclic amines) is 1. The molecule has 164 valence electrons. The van der Waals surface area contributed by atoms with Gasteiger partial charge in [-0.2, -0.15) is 0 Å². The fourth-order valence-corrected chi connectivity index (χ4v) is 3.30. The highest BCUT2D eigenvalue weighted by atomic mass is 19.1. The van der Waals surface area contributed by atoms with E-state index in [1.165, 1.54) is 4.90 Å². The Morgan fingerprint density at radius 1 is 1.23 bits per heavy atom. The van der Waals surface area contributed by atoms with Crippen molar-refractivity contribution in [1.29, 1.82) is 0 Å². The lowest BCUT2D eigenvalue weighted by Crippen LogP contribution is -2.50. The summed E-state index contributed by atoms with van der Waals surface area (Å²) in [5.74, 6) is -1.58. The quantitative estimate of drug-likeness (QED) is 0.555. The largest absolute Gasteiger partial charge is 0.444 e. The van der Waals surface area contributed by atoms with Gasteiger partial charge in [-0.15, -0.1) is 0 Å². The van der Waals surface area contributed by atoms with E-state index in [0.717, 1.165) is 25.0 Å². The zero-order valence-electron chi connectivity index (χ0n) is 17.4. The summed E-state index contributed by atoms with van der Waals surface area (Å²) in [5.41, 5.74) is -1.29. The summed E-state index contributed by atoms with van der Waals surface area (Å²) in [6.07, 6.45) is 2.53. The third-order valence-corrected chi connectivity index (χ3v) is 4.87. The van der Waals surface area contributed by atoms with Crippen molar-refractivity contribution in [3.63, 3.8) is 0 Å². The second kappa shape index (κ2) is 8.45. The van der Waals surface area contributed by atoms with E-state index < -0.39 is 39.9 Å². The number of anilines is 1. The smallest absolute Gasteiger partial charge is 0.410 e. The van der Waals surface area contributed by atoms with E-state index in [2.05, 4.69) is 10.6 Å². The zero-order valence-corrected chi connectivity index (χ0v) is 17.4. The SMILES string of the molecule is CC(C)(C)OC(=O)N1CCCC(NC(=O)c2cc([N+](=O)[O-])c(NC3CC3)cc2F)C1. The van der Waals surface area contributed by atoms with Gasteiger partial charge in [-0.25, -0.2) is 9.18 Å². The Hall–Kier alpha value is -2.91. The van der Waals surface area contributed by atoms with Crippen LogP contribution in [0.5, 0.6) is 0 Å². The highest BCUT2D eigenvalue weighted by Gasteiger charge is 2.31. The molecular formula is C20H27FN4O5. The summed E-state index contributed by atoms with van der Waals surface area (Å²) in [4.78, 5) is 37.2. The van der Waals surface area contributed by atoms with Crippen LogP contribution < -0.4 is 10.6 Å². The number of nitro benzene ring substituents is 1. The molecule has 1 aromatic carbocycles. The molecule has 1 atom stereocenters. The van der Waals surface area contributed by atoms with E-state index in [1.54, 1.807) is 20.8 Å². The van der Waals surface area contributed by atoms with Crippen LogP contribution in [0.1, 0.15) is 56.8 Å². The second-order valence-corrected chi connectivity index (χ2v) is 8.76. The average Bonchev–Trinajstić information content (AvgIpc) is 3.44. The topological polar surface area (TPSA) is 114 Å². The summed E-state index contributed by atoms with van der Waals surface area (Å²) < 4.78 is 19.9. The number of nitrogens with zero attached hydrogens (tertiary/aromatic N) is 2. The first-order chi connectivity index (χ1) is 14.0. The number of carbonyl (C=O) groups excluding carboxylic acids is 2. The summed E-state index contributed by atoms with van der Waals surface area (Å²) in [6.45, 7) is 6.04. The summed E-state index contributed by atoms with van der Waals surface area (Å²) in [7, 11) is 0. The first-order valence-electron chi connectivity index (χ1n) is 10.1. The Kier molecular flexibility index (Phi) is 6.14. The lowest BCUT2D eigenvalue weighted by molar-refractivity contribution is -0.384.